The van der Waals surface area contributed by atoms with Gasteiger partial charge in [-0.05, 0) is 24.3 Å². The van der Waals surface area contributed by atoms with Crippen LogP contribution in [0, 0.1) is 0 Å². The van der Waals surface area contributed by atoms with Gasteiger partial charge < -0.3 is 70.0 Å². The van der Waals surface area contributed by atoms with Crippen LogP contribution in [0.25, 0.3) is 0 Å². The minimum atomic E-state index is -2.00. The van der Waals surface area contributed by atoms with Gasteiger partial charge in [-0.3, -0.25) is 0 Å². The zero-order chi connectivity index (χ0) is 30.9. The van der Waals surface area contributed by atoms with Crippen LogP contribution in [0.15, 0.2) is 42.5 Å². The van der Waals surface area contributed by atoms with Crippen molar-refractivity contribution >= 4 is 11.9 Å². The molecule has 5 atom stereocenters. The summed E-state index contributed by atoms with van der Waals surface area (Å²) in [5.41, 5.74) is -0.890. The molecule has 0 aromatic heterocycles. The molecular formula is C26H24O16. The molecule has 0 radical (unpaired) electrons. The van der Waals surface area contributed by atoms with Crippen LogP contribution in [0.3, 0.4) is 0 Å². The minimum Gasteiger partial charge on any atom is -0.508 e. The Balaban J connectivity index is 1.57. The molecule has 42 heavy (non-hydrogen) atoms. The molecule has 0 bridgehead atoms. The Morgan fingerprint density at radius 1 is 0.667 bits per heavy atom. The van der Waals surface area contributed by atoms with Crippen molar-refractivity contribution in [2.75, 3.05) is 6.61 Å². The van der Waals surface area contributed by atoms with Crippen molar-refractivity contribution in [2.24, 2.45) is 0 Å². The predicted octanol–water partition coefficient (Wildman–Crippen LogP) is 0.239. The van der Waals surface area contributed by atoms with Crippen molar-refractivity contribution in [3.05, 3.63) is 53.6 Å². The molecule has 224 valence electrons. The summed E-state index contributed by atoms with van der Waals surface area (Å²) in [6.45, 7) is -0.773. The van der Waals surface area contributed by atoms with Gasteiger partial charge >= 0.3 is 11.9 Å². The Kier molecular flexibility index (Phi) is 8.23. The third-order valence-electron chi connectivity index (χ3n) is 6.01. The number of esters is 2. The normalized spacial score (nSPS) is 21.8. The van der Waals surface area contributed by atoms with E-state index in [0.717, 1.165) is 42.5 Å². The standard InChI is InChI=1S/C26H24O16/c27-11-5-12(28)7-13(6-11)40-26-23(42-25(38)10-3-16(31)20(34)17(32)4-10)22(36)21(35)18(41-26)8-39-24(37)9-1-14(29)19(33)15(30)2-9/h1-7,18,21-23,26-36H,8H2. The summed E-state index contributed by atoms with van der Waals surface area (Å²) in [6.07, 6.45) is -9.12. The van der Waals surface area contributed by atoms with Crippen LogP contribution in [0.1, 0.15) is 20.7 Å². The number of carbonyl (C=O) groups is 2. The molecule has 1 heterocycles. The van der Waals surface area contributed by atoms with Crippen molar-refractivity contribution < 1.29 is 79.6 Å². The lowest BCUT2D eigenvalue weighted by Crippen LogP contribution is -2.61. The van der Waals surface area contributed by atoms with Gasteiger partial charge in [0.25, 0.3) is 0 Å². The van der Waals surface area contributed by atoms with Crippen molar-refractivity contribution in [3.8, 4) is 51.7 Å². The van der Waals surface area contributed by atoms with Gasteiger partial charge in [-0.2, -0.15) is 0 Å². The summed E-state index contributed by atoms with van der Waals surface area (Å²) in [5, 5.41) is 98.7. The van der Waals surface area contributed by atoms with Crippen LogP contribution in [0.2, 0.25) is 0 Å². The molecule has 0 aliphatic carbocycles. The molecule has 1 aliphatic rings. The van der Waals surface area contributed by atoms with E-state index in [1.54, 1.807) is 0 Å². The second-order valence-electron chi connectivity index (χ2n) is 9.02. The van der Waals surface area contributed by atoms with Crippen LogP contribution in [-0.4, -0.2) is 100 Å². The average molecular weight is 592 g/mol. The number of hydrogen-bond donors (Lipinski definition) is 10. The molecule has 1 aliphatic heterocycles. The third kappa shape index (κ3) is 6.20. The second-order valence-corrected chi connectivity index (χ2v) is 9.02. The van der Waals surface area contributed by atoms with Gasteiger partial charge in [0.05, 0.1) is 11.1 Å². The van der Waals surface area contributed by atoms with Crippen LogP contribution in [0.4, 0.5) is 0 Å². The number of carbonyl (C=O) groups excluding carboxylic acids is 2. The SMILES string of the molecule is O=C(OCC1OC(Oc2cc(O)cc(O)c2)C(OC(=O)c2cc(O)c(O)c(O)c2)C(O)C1O)c1cc(O)c(O)c(O)c1. The highest BCUT2D eigenvalue weighted by atomic mass is 16.7. The minimum absolute atomic E-state index is 0.257. The predicted molar refractivity (Wildman–Crippen MR) is 133 cm³/mol. The van der Waals surface area contributed by atoms with E-state index >= 15 is 0 Å². The van der Waals surface area contributed by atoms with Crippen LogP contribution >= 0.6 is 0 Å². The fourth-order valence-corrected chi connectivity index (χ4v) is 3.91. The lowest BCUT2D eigenvalue weighted by atomic mass is 9.99. The summed E-state index contributed by atoms with van der Waals surface area (Å²) in [7, 11) is 0. The summed E-state index contributed by atoms with van der Waals surface area (Å²) in [6, 6.07) is 6.08. The van der Waals surface area contributed by atoms with Crippen LogP contribution < -0.4 is 4.74 Å². The Morgan fingerprint density at radius 3 is 1.64 bits per heavy atom. The Hall–Kier alpha value is -5.32. The Labute approximate surface area is 234 Å². The first-order valence-corrected chi connectivity index (χ1v) is 11.8. The number of rotatable bonds is 7. The monoisotopic (exact) mass is 592 g/mol. The first-order valence-electron chi connectivity index (χ1n) is 11.8. The van der Waals surface area contributed by atoms with Crippen molar-refractivity contribution in [2.45, 2.75) is 30.7 Å². The number of phenols is 8. The van der Waals surface area contributed by atoms with Gasteiger partial charge in [0.1, 0.15) is 42.2 Å². The molecule has 0 saturated carbocycles. The molecular weight excluding hydrogens is 568 g/mol. The lowest BCUT2D eigenvalue weighted by molar-refractivity contribution is -0.276. The lowest BCUT2D eigenvalue weighted by Gasteiger charge is -2.41. The highest BCUT2D eigenvalue weighted by Crippen LogP contribution is 2.37. The van der Waals surface area contributed by atoms with Gasteiger partial charge in [0, 0.05) is 18.2 Å². The van der Waals surface area contributed by atoms with Gasteiger partial charge in [-0.1, -0.05) is 0 Å². The zero-order valence-electron chi connectivity index (χ0n) is 21.1. The summed E-state index contributed by atoms with van der Waals surface area (Å²) >= 11 is 0. The first kappa shape index (κ1) is 29.7. The summed E-state index contributed by atoms with van der Waals surface area (Å²) in [4.78, 5) is 25.2. The number of ether oxygens (including phenoxy) is 4. The fraction of sp³-hybridized carbons (Fsp3) is 0.231. The Morgan fingerprint density at radius 2 is 1.14 bits per heavy atom. The van der Waals surface area contributed by atoms with E-state index < -0.39 is 106 Å². The van der Waals surface area contributed by atoms with Crippen LogP contribution in [-0.2, 0) is 14.2 Å². The number of aromatic hydroxyl groups is 8. The van der Waals surface area contributed by atoms with Gasteiger partial charge in [-0.15, -0.1) is 0 Å². The maximum Gasteiger partial charge on any atom is 0.339 e. The Bertz CT molecular complexity index is 1440. The van der Waals surface area contributed by atoms with Crippen molar-refractivity contribution in [1.29, 1.82) is 0 Å². The van der Waals surface area contributed by atoms with Gasteiger partial charge in [-0.25, -0.2) is 9.59 Å². The van der Waals surface area contributed by atoms with E-state index in [0.29, 0.717) is 0 Å². The molecule has 0 amide bonds. The third-order valence-corrected chi connectivity index (χ3v) is 6.01. The summed E-state index contributed by atoms with van der Waals surface area (Å²) in [5.74, 6) is -8.78. The maximum absolute atomic E-state index is 12.8. The average Bonchev–Trinajstić information content (AvgIpc) is 2.92. The molecule has 0 spiro atoms. The zero-order valence-corrected chi connectivity index (χ0v) is 21.1. The molecule has 1 saturated heterocycles. The highest BCUT2D eigenvalue weighted by Gasteiger charge is 2.49. The van der Waals surface area contributed by atoms with E-state index in [-0.39, 0.29) is 5.75 Å². The molecule has 10 N–H and O–H groups in total. The van der Waals surface area contributed by atoms with Gasteiger partial charge in [0.15, 0.2) is 40.6 Å². The number of aliphatic hydroxyl groups excluding tert-OH is 2. The molecule has 5 unspecified atom stereocenters. The van der Waals surface area contributed by atoms with Crippen LogP contribution in [0.5, 0.6) is 51.7 Å². The van der Waals surface area contributed by atoms with E-state index in [9.17, 15) is 60.7 Å². The van der Waals surface area contributed by atoms with Gasteiger partial charge in [0.2, 0.25) is 6.29 Å². The molecule has 4 rings (SSSR count). The molecule has 16 heteroatoms. The molecule has 3 aromatic rings. The fourth-order valence-electron chi connectivity index (χ4n) is 3.91. The quantitative estimate of drug-likeness (QED) is 0.130. The number of benzene rings is 3. The number of hydrogen-bond acceptors (Lipinski definition) is 16. The smallest absolute Gasteiger partial charge is 0.339 e. The maximum atomic E-state index is 12.8. The second kappa shape index (κ2) is 11.7. The highest BCUT2D eigenvalue weighted by molar-refractivity contribution is 5.91. The topological polar surface area (TPSA) is 273 Å². The molecule has 3 aromatic carbocycles. The largest absolute Gasteiger partial charge is 0.508 e. The van der Waals surface area contributed by atoms with Crippen molar-refractivity contribution in [3.63, 3.8) is 0 Å². The number of aliphatic hydroxyl groups is 2. The van der Waals surface area contributed by atoms with Crippen molar-refractivity contribution in [1.82, 2.24) is 0 Å². The van der Waals surface area contributed by atoms with E-state index in [4.69, 9.17) is 18.9 Å². The summed E-state index contributed by atoms with van der Waals surface area (Å²) < 4.78 is 21.4. The van der Waals surface area contributed by atoms with E-state index in [1.165, 1.54) is 0 Å². The number of phenolic OH excluding ortho intramolecular Hbond substituents is 8. The van der Waals surface area contributed by atoms with E-state index in [2.05, 4.69) is 0 Å². The molecule has 1 fully saturated rings. The molecule has 16 nitrogen and oxygen atoms in total. The van der Waals surface area contributed by atoms with E-state index in [1.807, 2.05) is 0 Å². The first-order chi connectivity index (χ1) is 19.7.